The highest BCUT2D eigenvalue weighted by Crippen LogP contribution is 2.60. The monoisotopic (exact) mass is 950 g/mol. The maximum absolute atomic E-state index is 14.8. The number of hydrogen-bond acceptors (Lipinski definition) is 16. The topological polar surface area (TPSA) is 354 Å². The highest BCUT2D eigenvalue weighted by Gasteiger charge is 2.66. The Morgan fingerprint density at radius 2 is 1.27 bits per heavy atom. The van der Waals surface area contributed by atoms with E-state index < -0.39 is 156 Å². The molecule has 7 aliphatic carbocycles. The molecule has 2 fully saturated rings. The number of nitrogens with one attached hydrogen (secondary N) is 1. The van der Waals surface area contributed by atoms with E-state index >= 15 is 0 Å². The molecule has 2 amide bonds. The highest BCUT2D eigenvalue weighted by molar-refractivity contribution is 6.28. The van der Waals surface area contributed by atoms with Gasteiger partial charge in [-0.15, -0.1) is 0 Å². The Kier molecular flexibility index (Phi) is 10.4. The Labute approximate surface area is 397 Å². The van der Waals surface area contributed by atoms with E-state index in [1.807, 2.05) is 6.92 Å². The van der Waals surface area contributed by atoms with Crippen LogP contribution in [0.15, 0.2) is 130 Å². The van der Waals surface area contributed by atoms with Crippen LogP contribution in [0.3, 0.4) is 0 Å². The lowest BCUT2D eigenvalue weighted by molar-refractivity contribution is -0.150. The van der Waals surface area contributed by atoms with Crippen molar-refractivity contribution >= 4 is 52.2 Å². The summed E-state index contributed by atoms with van der Waals surface area (Å²) in [5.41, 5.74) is 10.00. The van der Waals surface area contributed by atoms with Gasteiger partial charge >= 0.3 is 0 Å². The molecule has 1 unspecified atom stereocenters. The quantitative estimate of drug-likeness (QED) is 0.129. The number of aliphatic hydroxyl groups is 6. The van der Waals surface area contributed by atoms with E-state index in [2.05, 4.69) is 5.32 Å². The highest BCUT2D eigenvalue weighted by atomic mass is 16.4. The third-order valence-corrected chi connectivity index (χ3v) is 15.5. The van der Waals surface area contributed by atoms with Crippen LogP contribution < -0.4 is 22.5 Å². The van der Waals surface area contributed by atoms with E-state index in [9.17, 15) is 69.6 Å². The van der Waals surface area contributed by atoms with Gasteiger partial charge < -0.3 is 63.4 Å². The Hall–Kier alpha value is -7.90. The lowest BCUT2D eigenvalue weighted by Crippen LogP contribution is -2.65. The van der Waals surface area contributed by atoms with Gasteiger partial charge in [-0.1, -0.05) is 84.5 Å². The first-order valence-corrected chi connectivity index (χ1v) is 22.4. The molecule has 0 saturated heterocycles. The van der Waals surface area contributed by atoms with E-state index in [0.717, 1.165) is 5.57 Å². The van der Waals surface area contributed by atoms with Gasteiger partial charge in [0.1, 0.15) is 45.7 Å². The first-order valence-electron chi connectivity index (χ1n) is 22.4. The summed E-state index contributed by atoms with van der Waals surface area (Å²) in [4.78, 5) is 83.7. The summed E-state index contributed by atoms with van der Waals surface area (Å²) >= 11 is 0. The Morgan fingerprint density at radius 1 is 0.686 bits per heavy atom. The second-order valence-corrected chi connectivity index (χ2v) is 19.0. The number of amides is 2. The number of carbonyl (C=O) groups is 6. The number of hydrogen-bond donors (Lipinski definition) is 12. The van der Waals surface area contributed by atoms with E-state index in [-0.39, 0.29) is 35.3 Å². The molecule has 11 atom stereocenters. The van der Waals surface area contributed by atoms with Crippen LogP contribution in [-0.4, -0.2) is 99.1 Å². The smallest absolute Gasteiger partial charge is 0.263 e. The van der Waals surface area contributed by atoms with Crippen molar-refractivity contribution in [3.63, 3.8) is 0 Å². The molecule has 0 radical (unpaired) electrons. The van der Waals surface area contributed by atoms with Gasteiger partial charge in [-0.2, -0.15) is 0 Å². The number of aromatic hydroxyl groups is 2. The third-order valence-electron chi connectivity index (χ3n) is 15.5. The van der Waals surface area contributed by atoms with Gasteiger partial charge in [0.2, 0.25) is 11.6 Å². The number of nitrogens with two attached hydrogens (primary N) is 3. The van der Waals surface area contributed by atoms with Crippen molar-refractivity contribution in [3.8, 4) is 11.5 Å². The van der Waals surface area contributed by atoms with Crippen LogP contribution >= 0.6 is 0 Å². The molecule has 0 spiro atoms. The van der Waals surface area contributed by atoms with Gasteiger partial charge in [-0.05, 0) is 54.5 Å². The number of phenols is 2. The number of allylic oxidation sites excluding steroid dienone is 6. The summed E-state index contributed by atoms with van der Waals surface area (Å²) in [6.07, 6.45) is 8.34. The van der Waals surface area contributed by atoms with Gasteiger partial charge in [0.15, 0.2) is 22.8 Å². The van der Waals surface area contributed by atoms with Gasteiger partial charge in [0, 0.05) is 46.7 Å². The number of aliphatic hydroxyl groups excluding tert-OH is 4. The number of ketones is 4. The molecule has 358 valence electrons. The zero-order valence-electron chi connectivity index (χ0n) is 37.0. The van der Waals surface area contributed by atoms with Gasteiger partial charge in [0.25, 0.3) is 11.8 Å². The number of primary amides is 1. The van der Waals surface area contributed by atoms with Gasteiger partial charge in [-0.25, -0.2) is 0 Å². The van der Waals surface area contributed by atoms with Crippen LogP contribution in [0.1, 0.15) is 59.4 Å². The molecule has 10 rings (SSSR count). The normalized spacial score (nSPS) is 32.3. The molecular formula is C52H46N4O14. The standard InChI is InChI=1S/C52H46N4O14/c1-19-7-5-10-21(14-13-19)31-23-15-16-28(40(58)33(23)42(60)35-25(31)18-26-38(53)43(61)36(49(55)67)47(65)51(26,69)46(35)64)56-50(68)37-44(62)39(54)27-17-24-30(20-8-3-2-4-9-20)22-11-6-12-29(57)32(22)41(59)34(24)45(63)52(27,70)48(37)66/h2-16,21,24-27,30-31,38-39,57-60,65-66,69-70H,17-18,53-54H2,1H3,(H2,55,67)(H,56,68)/t21?,24-,25-,26+,27+,30-,31-,38+,39+,51+,52+/m1/s1. The van der Waals surface area contributed by atoms with Crippen molar-refractivity contribution in [2.45, 2.75) is 54.9 Å². The number of benzene rings is 3. The maximum Gasteiger partial charge on any atom is 0.263 e. The van der Waals surface area contributed by atoms with Crippen molar-refractivity contribution in [1.29, 1.82) is 0 Å². The molecule has 18 heteroatoms. The zero-order valence-corrected chi connectivity index (χ0v) is 37.0. The summed E-state index contributed by atoms with van der Waals surface area (Å²) in [7, 11) is 0. The zero-order chi connectivity index (χ0) is 50.2. The van der Waals surface area contributed by atoms with E-state index in [1.54, 1.807) is 72.8 Å². The SMILES string of the molecule is CC1=CC=CC([C@@H]2c3ccc(NC(=O)C4=C(O)[C@@]5(O)C(=O)C6=C(O)c7c(O)cccc7[C@@H](c7ccccc7)[C@H]6C[C@H]5[C@H](N)C4=O)c(O)c3C(O)=C3C(=O)[C@]4(O)C(O)=C(C(N)=O)C(=O)[C@@H](N)[C@@H]4C[C@@H]32)C=C1. The van der Waals surface area contributed by atoms with Crippen LogP contribution in [-0.2, 0) is 28.8 Å². The van der Waals surface area contributed by atoms with Crippen molar-refractivity contribution in [3.05, 3.63) is 158 Å². The predicted molar refractivity (Wildman–Crippen MR) is 248 cm³/mol. The summed E-state index contributed by atoms with van der Waals surface area (Å²) in [6, 6.07) is 12.5. The molecule has 0 aliphatic heterocycles. The maximum atomic E-state index is 14.8. The molecule has 15 N–H and O–H groups in total. The molecule has 3 aromatic carbocycles. The summed E-state index contributed by atoms with van der Waals surface area (Å²) in [5, 5.41) is 96.8. The van der Waals surface area contributed by atoms with Gasteiger partial charge in [0.05, 0.1) is 28.9 Å². The number of fused-ring (bicyclic) bond motifs is 6. The largest absolute Gasteiger partial charge is 0.508 e. The van der Waals surface area contributed by atoms with Crippen molar-refractivity contribution in [1.82, 2.24) is 0 Å². The number of carbonyl (C=O) groups excluding carboxylic acids is 6. The van der Waals surface area contributed by atoms with Crippen molar-refractivity contribution in [2.24, 2.45) is 46.8 Å². The Morgan fingerprint density at radius 3 is 1.91 bits per heavy atom. The average Bonchev–Trinajstić information content (AvgIpc) is 3.54. The fourth-order valence-corrected chi connectivity index (χ4v) is 12.3. The lowest BCUT2D eigenvalue weighted by atomic mass is 9.54. The van der Waals surface area contributed by atoms with E-state index in [0.29, 0.717) is 11.1 Å². The fraction of sp³-hybridized carbons (Fsp3) is 0.269. The number of anilines is 1. The van der Waals surface area contributed by atoms with Crippen LogP contribution in [0.5, 0.6) is 11.5 Å². The summed E-state index contributed by atoms with van der Waals surface area (Å²) in [5.74, 6) is -20.8. The first-order chi connectivity index (χ1) is 33.2. The second kappa shape index (κ2) is 15.8. The number of Topliss-reactive ketones (excluding diaryl/α,β-unsaturated/α-hetero) is 4. The second-order valence-electron chi connectivity index (χ2n) is 19.0. The molecular weight excluding hydrogens is 905 g/mol. The van der Waals surface area contributed by atoms with Crippen molar-refractivity contribution in [2.75, 3.05) is 5.32 Å². The molecule has 70 heavy (non-hydrogen) atoms. The van der Waals surface area contributed by atoms with Gasteiger partial charge in [-0.3, -0.25) is 28.8 Å². The number of rotatable bonds is 5. The van der Waals surface area contributed by atoms with Crippen LogP contribution in [0.4, 0.5) is 5.69 Å². The molecule has 3 aromatic rings. The van der Waals surface area contributed by atoms with Crippen LogP contribution in [0.25, 0.3) is 11.5 Å². The van der Waals surface area contributed by atoms with E-state index in [4.69, 9.17) is 17.2 Å². The Bertz CT molecular complexity index is 3200. The first kappa shape index (κ1) is 45.9. The van der Waals surface area contributed by atoms with Crippen LogP contribution in [0, 0.1) is 29.6 Å². The van der Waals surface area contributed by atoms with Crippen molar-refractivity contribution < 1.29 is 69.6 Å². The average molecular weight is 951 g/mol. The number of phenolic OH excluding ortho intramolecular Hbond substituents is 2. The molecule has 0 aromatic heterocycles. The fourth-order valence-electron chi connectivity index (χ4n) is 12.3. The minimum Gasteiger partial charge on any atom is -0.508 e. The molecule has 2 saturated carbocycles. The molecule has 0 heterocycles. The minimum absolute atomic E-state index is 0.0897. The summed E-state index contributed by atoms with van der Waals surface area (Å²) in [6.45, 7) is 1.83. The lowest BCUT2D eigenvalue weighted by Gasteiger charge is -2.50. The Balaban J connectivity index is 1.07. The molecule has 18 nitrogen and oxygen atoms in total. The minimum atomic E-state index is -3.07. The van der Waals surface area contributed by atoms with E-state index in [1.165, 1.54) is 18.2 Å². The third kappa shape index (κ3) is 6.06. The molecule has 0 bridgehead atoms. The summed E-state index contributed by atoms with van der Waals surface area (Å²) < 4.78 is 0. The van der Waals surface area contributed by atoms with Crippen LogP contribution in [0.2, 0.25) is 0 Å². The predicted octanol–water partition coefficient (Wildman–Crippen LogP) is 3.01. The molecule has 7 aliphatic rings.